The summed E-state index contributed by atoms with van der Waals surface area (Å²) in [7, 11) is 0. The molecule has 4 heteroatoms. The highest BCUT2D eigenvalue weighted by molar-refractivity contribution is 14.1. The number of hydrogen-bond donors (Lipinski definition) is 0. The molecule has 0 radical (unpaired) electrons. The van der Waals surface area contributed by atoms with Gasteiger partial charge in [0.15, 0.2) is 0 Å². The zero-order valence-electron chi connectivity index (χ0n) is 5.97. The van der Waals surface area contributed by atoms with Gasteiger partial charge in [0.25, 0.3) is 0 Å². The summed E-state index contributed by atoms with van der Waals surface area (Å²) in [6, 6.07) is 3.28. The molecule has 0 aliphatic heterocycles. The number of hydrogen-bond acceptors (Lipinski definition) is 2. The van der Waals surface area contributed by atoms with Gasteiger partial charge in [-0.25, -0.2) is 0 Å². The molecule has 0 amide bonds. The van der Waals surface area contributed by atoms with Crippen molar-refractivity contribution in [2.75, 3.05) is 6.61 Å². The third kappa shape index (κ3) is 2.28. The van der Waals surface area contributed by atoms with E-state index >= 15 is 0 Å². The van der Waals surface area contributed by atoms with Gasteiger partial charge in [-0.15, -0.1) is 0 Å². The maximum absolute atomic E-state index is 12.7. The topological polar surface area (TPSA) is 22.1 Å². The summed E-state index contributed by atoms with van der Waals surface area (Å²) in [6.45, 7) is 2.34. The Labute approximate surface area is 77.9 Å². The first-order chi connectivity index (χ1) is 5.24. The van der Waals surface area contributed by atoms with E-state index in [2.05, 4.69) is 4.98 Å². The number of rotatable bonds is 2. The van der Waals surface area contributed by atoms with Crippen molar-refractivity contribution in [1.29, 1.82) is 0 Å². The highest BCUT2D eigenvalue weighted by atomic mass is 127. The first kappa shape index (κ1) is 8.70. The van der Waals surface area contributed by atoms with Crippen LogP contribution in [-0.2, 0) is 0 Å². The highest BCUT2D eigenvalue weighted by Crippen LogP contribution is 2.13. The van der Waals surface area contributed by atoms with Gasteiger partial charge in [0.2, 0.25) is 11.8 Å². The van der Waals surface area contributed by atoms with Crippen molar-refractivity contribution in [2.24, 2.45) is 0 Å². The van der Waals surface area contributed by atoms with Gasteiger partial charge in [-0.1, -0.05) is 0 Å². The smallest absolute Gasteiger partial charge is 0.229 e. The Morgan fingerprint density at radius 3 is 2.91 bits per heavy atom. The van der Waals surface area contributed by atoms with E-state index in [0.29, 0.717) is 16.1 Å². The van der Waals surface area contributed by atoms with Gasteiger partial charge >= 0.3 is 0 Å². The molecular formula is C7H7FINO. The molecule has 0 unspecified atom stereocenters. The Kier molecular flexibility index (Phi) is 3.04. The van der Waals surface area contributed by atoms with Crippen LogP contribution >= 0.6 is 22.6 Å². The van der Waals surface area contributed by atoms with Crippen molar-refractivity contribution in [3.63, 3.8) is 0 Å². The number of pyridine rings is 1. The second kappa shape index (κ2) is 3.85. The Morgan fingerprint density at radius 1 is 1.64 bits per heavy atom. The van der Waals surface area contributed by atoms with Crippen LogP contribution in [0.4, 0.5) is 4.39 Å². The minimum absolute atomic E-state index is 0.338. The molecule has 0 aliphatic rings. The Morgan fingerprint density at radius 2 is 2.36 bits per heavy atom. The van der Waals surface area contributed by atoms with Crippen LogP contribution < -0.4 is 4.74 Å². The number of ether oxygens (including phenoxy) is 1. The molecule has 60 valence electrons. The SMILES string of the molecule is CCOc1ccc(I)c(F)n1. The molecule has 0 spiro atoms. The summed E-state index contributed by atoms with van der Waals surface area (Å²) in [5.41, 5.74) is 0. The zero-order valence-corrected chi connectivity index (χ0v) is 8.13. The average Bonchev–Trinajstić information content (AvgIpc) is 1.98. The summed E-state index contributed by atoms with van der Waals surface area (Å²) in [6.07, 6.45) is 0. The third-order valence-electron chi connectivity index (χ3n) is 1.07. The van der Waals surface area contributed by atoms with E-state index in [-0.39, 0.29) is 0 Å². The fourth-order valence-corrected chi connectivity index (χ4v) is 0.929. The second-order valence-electron chi connectivity index (χ2n) is 1.86. The van der Waals surface area contributed by atoms with Crippen LogP contribution in [0.1, 0.15) is 6.92 Å². The summed E-state index contributed by atoms with van der Waals surface area (Å²) in [4.78, 5) is 3.57. The summed E-state index contributed by atoms with van der Waals surface area (Å²) >= 11 is 1.88. The summed E-state index contributed by atoms with van der Waals surface area (Å²) in [5, 5.41) is 0. The largest absolute Gasteiger partial charge is 0.478 e. The van der Waals surface area contributed by atoms with Crippen molar-refractivity contribution in [1.82, 2.24) is 4.98 Å². The van der Waals surface area contributed by atoms with Gasteiger partial charge in [0.1, 0.15) is 0 Å². The van der Waals surface area contributed by atoms with E-state index in [1.54, 1.807) is 12.1 Å². The fraction of sp³-hybridized carbons (Fsp3) is 0.286. The molecule has 1 aromatic heterocycles. The lowest BCUT2D eigenvalue weighted by atomic mass is 10.5. The molecule has 11 heavy (non-hydrogen) atoms. The minimum Gasteiger partial charge on any atom is -0.478 e. The highest BCUT2D eigenvalue weighted by Gasteiger charge is 2.01. The van der Waals surface area contributed by atoms with Crippen LogP contribution in [0, 0.1) is 9.52 Å². The molecule has 1 aromatic rings. The minimum atomic E-state index is -0.475. The monoisotopic (exact) mass is 267 g/mol. The van der Waals surface area contributed by atoms with Gasteiger partial charge in [0, 0.05) is 6.07 Å². The maximum Gasteiger partial charge on any atom is 0.229 e. The van der Waals surface area contributed by atoms with Gasteiger partial charge in [-0.3, -0.25) is 0 Å². The predicted molar refractivity (Wildman–Crippen MR) is 48.1 cm³/mol. The van der Waals surface area contributed by atoms with Crippen LogP contribution in [0.5, 0.6) is 5.88 Å². The van der Waals surface area contributed by atoms with E-state index in [1.807, 2.05) is 29.5 Å². The molecule has 0 N–H and O–H groups in total. The summed E-state index contributed by atoms with van der Waals surface area (Å²) in [5.74, 6) is -0.137. The lowest BCUT2D eigenvalue weighted by Gasteiger charge is -2.00. The Bertz CT molecular complexity index is 254. The molecule has 0 aromatic carbocycles. The van der Waals surface area contributed by atoms with Crippen LogP contribution in [0.2, 0.25) is 0 Å². The van der Waals surface area contributed by atoms with Gasteiger partial charge in [-0.05, 0) is 35.6 Å². The van der Waals surface area contributed by atoms with Crippen molar-refractivity contribution < 1.29 is 9.13 Å². The third-order valence-corrected chi connectivity index (χ3v) is 1.87. The number of nitrogens with zero attached hydrogens (tertiary/aromatic N) is 1. The van der Waals surface area contributed by atoms with Gasteiger partial charge < -0.3 is 4.74 Å². The van der Waals surface area contributed by atoms with E-state index < -0.39 is 5.95 Å². The second-order valence-corrected chi connectivity index (χ2v) is 3.02. The van der Waals surface area contributed by atoms with Gasteiger partial charge in [0.05, 0.1) is 10.2 Å². The Hall–Kier alpha value is -0.390. The predicted octanol–water partition coefficient (Wildman–Crippen LogP) is 2.22. The first-order valence-electron chi connectivity index (χ1n) is 3.19. The molecule has 0 aliphatic carbocycles. The molecule has 0 saturated heterocycles. The van der Waals surface area contributed by atoms with Crippen molar-refractivity contribution in [3.8, 4) is 5.88 Å². The molecule has 0 bridgehead atoms. The van der Waals surface area contributed by atoms with Crippen LogP contribution in [0.15, 0.2) is 12.1 Å². The number of halogens is 2. The molecule has 1 rings (SSSR count). The van der Waals surface area contributed by atoms with Crippen molar-refractivity contribution >= 4 is 22.6 Å². The molecule has 0 saturated carbocycles. The van der Waals surface area contributed by atoms with E-state index in [4.69, 9.17) is 4.74 Å². The summed E-state index contributed by atoms with van der Waals surface area (Å²) < 4.78 is 18.2. The zero-order chi connectivity index (χ0) is 8.27. The van der Waals surface area contributed by atoms with E-state index in [1.165, 1.54) is 0 Å². The molecular weight excluding hydrogens is 260 g/mol. The molecule has 2 nitrogen and oxygen atoms in total. The van der Waals surface area contributed by atoms with E-state index in [0.717, 1.165) is 0 Å². The van der Waals surface area contributed by atoms with Crippen LogP contribution in [0.3, 0.4) is 0 Å². The van der Waals surface area contributed by atoms with Crippen molar-refractivity contribution in [3.05, 3.63) is 21.7 Å². The lowest BCUT2D eigenvalue weighted by Crippen LogP contribution is -1.96. The van der Waals surface area contributed by atoms with Crippen LogP contribution in [0.25, 0.3) is 0 Å². The fourth-order valence-electron chi connectivity index (χ4n) is 0.629. The first-order valence-corrected chi connectivity index (χ1v) is 4.26. The standard InChI is InChI=1S/C7H7FINO/c1-2-11-6-4-3-5(9)7(8)10-6/h3-4H,2H2,1H3. The normalized spacial score (nSPS) is 9.73. The lowest BCUT2D eigenvalue weighted by molar-refractivity contribution is 0.320. The molecule has 1 heterocycles. The van der Waals surface area contributed by atoms with Crippen molar-refractivity contribution in [2.45, 2.75) is 6.92 Å². The average molecular weight is 267 g/mol. The quantitative estimate of drug-likeness (QED) is 0.605. The van der Waals surface area contributed by atoms with Gasteiger partial charge in [-0.2, -0.15) is 9.37 Å². The Balaban J connectivity index is 2.86. The number of aromatic nitrogens is 1. The van der Waals surface area contributed by atoms with Crippen LogP contribution in [-0.4, -0.2) is 11.6 Å². The van der Waals surface area contributed by atoms with E-state index in [9.17, 15) is 4.39 Å². The maximum atomic E-state index is 12.7. The molecule has 0 fully saturated rings. The molecule has 0 atom stereocenters.